The molecule has 0 bridgehead atoms. The smallest absolute Gasteiger partial charge is 0.140 e. The zero-order chi connectivity index (χ0) is 11.4. The van der Waals surface area contributed by atoms with E-state index in [4.69, 9.17) is 10.2 Å². The Hall–Kier alpha value is -0.410. The highest BCUT2D eigenvalue weighted by Gasteiger charge is 2.34. The van der Waals surface area contributed by atoms with Gasteiger partial charge in [-0.15, -0.1) is 0 Å². The maximum Gasteiger partial charge on any atom is 0.140 e. The first-order valence-electron chi connectivity index (χ1n) is 5.00. The van der Waals surface area contributed by atoms with Gasteiger partial charge in [0.05, 0.1) is 18.6 Å². The molecule has 0 aliphatic rings. The van der Waals surface area contributed by atoms with Crippen LogP contribution in [0.15, 0.2) is 0 Å². The average molecular weight is 202 g/mol. The molecule has 0 aliphatic carbocycles. The van der Waals surface area contributed by atoms with Crippen molar-refractivity contribution in [1.29, 1.82) is 0 Å². The van der Waals surface area contributed by atoms with Gasteiger partial charge in [0, 0.05) is 0 Å². The van der Waals surface area contributed by atoms with Crippen LogP contribution in [0.25, 0.3) is 0 Å². The number of hydrogen-bond acceptors (Lipinski definition) is 3. The molecule has 0 aliphatic heterocycles. The third-order valence-corrected chi connectivity index (χ3v) is 2.71. The van der Waals surface area contributed by atoms with Gasteiger partial charge >= 0.3 is 0 Å². The van der Waals surface area contributed by atoms with Gasteiger partial charge in [0.2, 0.25) is 0 Å². The molecule has 0 aromatic rings. The number of hydrogen-bond donors (Lipinski definition) is 2. The second kappa shape index (κ2) is 4.89. The summed E-state index contributed by atoms with van der Waals surface area (Å²) in [5, 5.41) is 18.3. The first-order valence-corrected chi connectivity index (χ1v) is 5.00. The standard InChI is InChI=1S/C11H22O3/c1-9(14)11(7-12,8-13)6-5-10(2,3)4/h12-13H,5-8H2,1-4H3. The van der Waals surface area contributed by atoms with Crippen molar-refractivity contribution in [2.45, 2.75) is 40.5 Å². The molecular weight excluding hydrogens is 180 g/mol. The van der Waals surface area contributed by atoms with E-state index in [1.165, 1.54) is 6.92 Å². The van der Waals surface area contributed by atoms with E-state index in [2.05, 4.69) is 20.8 Å². The molecule has 3 nitrogen and oxygen atoms in total. The fourth-order valence-electron chi connectivity index (χ4n) is 1.22. The monoisotopic (exact) mass is 202 g/mol. The largest absolute Gasteiger partial charge is 0.395 e. The molecule has 0 fully saturated rings. The number of aliphatic hydroxyl groups is 2. The third-order valence-electron chi connectivity index (χ3n) is 2.71. The van der Waals surface area contributed by atoms with Crippen LogP contribution >= 0.6 is 0 Å². The molecule has 0 saturated carbocycles. The fraction of sp³-hybridized carbons (Fsp3) is 0.909. The van der Waals surface area contributed by atoms with Gasteiger partial charge in [0.25, 0.3) is 0 Å². The van der Waals surface area contributed by atoms with Crippen LogP contribution in [0.4, 0.5) is 0 Å². The predicted molar refractivity (Wildman–Crippen MR) is 56.0 cm³/mol. The Morgan fingerprint density at radius 3 is 1.71 bits per heavy atom. The van der Waals surface area contributed by atoms with E-state index < -0.39 is 5.41 Å². The summed E-state index contributed by atoms with van der Waals surface area (Å²) >= 11 is 0. The van der Waals surface area contributed by atoms with Crippen molar-refractivity contribution in [1.82, 2.24) is 0 Å². The molecule has 0 heterocycles. The van der Waals surface area contributed by atoms with Gasteiger partial charge in [-0.2, -0.15) is 0 Å². The number of Topliss-reactive ketones (excluding diaryl/α,β-unsaturated/α-hetero) is 1. The van der Waals surface area contributed by atoms with Gasteiger partial charge in [-0.25, -0.2) is 0 Å². The van der Waals surface area contributed by atoms with Crippen LogP contribution in [0.3, 0.4) is 0 Å². The van der Waals surface area contributed by atoms with E-state index in [0.717, 1.165) is 6.42 Å². The summed E-state index contributed by atoms with van der Waals surface area (Å²) < 4.78 is 0. The molecule has 0 unspecified atom stereocenters. The van der Waals surface area contributed by atoms with Crippen LogP contribution in [-0.4, -0.2) is 29.2 Å². The van der Waals surface area contributed by atoms with Crippen molar-refractivity contribution >= 4 is 5.78 Å². The molecule has 0 spiro atoms. The Kier molecular flexibility index (Phi) is 4.75. The highest BCUT2D eigenvalue weighted by atomic mass is 16.3. The van der Waals surface area contributed by atoms with Gasteiger partial charge < -0.3 is 10.2 Å². The fourth-order valence-corrected chi connectivity index (χ4v) is 1.22. The molecule has 0 atom stereocenters. The molecule has 14 heavy (non-hydrogen) atoms. The molecule has 3 heteroatoms. The number of ketones is 1. The van der Waals surface area contributed by atoms with E-state index in [9.17, 15) is 4.79 Å². The molecule has 0 aromatic carbocycles. The summed E-state index contributed by atoms with van der Waals surface area (Å²) in [6, 6.07) is 0. The molecule has 0 amide bonds. The van der Waals surface area contributed by atoms with Crippen molar-refractivity contribution in [3.8, 4) is 0 Å². The van der Waals surface area contributed by atoms with E-state index in [0.29, 0.717) is 6.42 Å². The number of rotatable bonds is 5. The van der Waals surface area contributed by atoms with Crippen LogP contribution in [-0.2, 0) is 4.79 Å². The lowest BCUT2D eigenvalue weighted by Gasteiger charge is -2.30. The van der Waals surface area contributed by atoms with Gasteiger partial charge in [-0.05, 0) is 25.2 Å². The van der Waals surface area contributed by atoms with Crippen molar-refractivity contribution in [3.05, 3.63) is 0 Å². The minimum Gasteiger partial charge on any atom is -0.395 e. The number of carbonyl (C=O) groups excluding carboxylic acids is 1. The van der Waals surface area contributed by atoms with Crippen LogP contribution in [0.5, 0.6) is 0 Å². The third kappa shape index (κ3) is 3.76. The Balaban J connectivity index is 4.45. The lowest BCUT2D eigenvalue weighted by atomic mass is 9.76. The molecule has 0 saturated heterocycles. The SMILES string of the molecule is CC(=O)C(CO)(CO)CCC(C)(C)C. The van der Waals surface area contributed by atoms with Crippen molar-refractivity contribution in [2.75, 3.05) is 13.2 Å². The maximum absolute atomic E-state index is 11.3. The molecule has 2 N–H and O–H groups in total. The first kappa shape index (κ1) is 13.6. The quantitative estimate of drug-likeness (QED) is 0.708. The number of aliphatic hydroxyl groups excluding tert-OH is 2. The lowest BCUT2D eigenvalue weighted by molar-refractivity contribution is -0.132. The summed E-state index contributed by atoms with van der Waals surface area (Å²) in [4.78, 5) is 11.3. The van der Waals surface area contributed by atoms with Gasteiger partial charge in [-0.1, -0.05) is 20.8 Å². The number of carbonyl (C=O) groups is 1. The zero-order valence-corrected chi connectivity index (χ0v) is 9.63. The zero-order valence-electron chi connectivity index (χ0n) is 9.63. The van der Waals surface area contributed by atoms with Crippen molar-refractivity contribution in [2.24, 2.45) is 10.8 Å². The maximum atomic E-state index is 11.3. The predicted octanol–water partition coefficient (Wildman–Crippen LogP) is 1.37. The van der Waals surface area contributed by atoms with Crippen LogP contribution in [0.1, 0.15) is 40.5 Å². The Morgan fingerprint density at radius 1 is 1.07 bits per heavy atom. The van der Waals surface area contributed by atoms with Crippen LogP contribution < -0.4 is 0 Å². The Bertz CT molecular complexity index is 187. The van der Waals surface area contributed by atoms with E-state index in [1.54, 1.807) is 0 Å². The van der Waals surface area contributed by atoms with Crippen molar-refractivity contribution in [3.63, 3.8) is 0 Å². The normalized spacial score (nSPS) is 13.0. The van der Waals surface area contributed by atoms with Gasteiger partial charge in [0.1, 0.15) is 5.78 Å². The highest BCUT2D eigenvalue weighted by Crippen LogP contribution is 2.31. The average Bonchev–Trinajstić information content (AvgIpc) is 2.04. The summed E-state index contributed by atoms with van der Waals surface area (Å²) in [5.74, 6) is -0.133. The molecular formula is C11H22O3. The summed E-state index contributed by atoms with van der Waals surface area (Å²) in [6.07, 6.45) is 1.35. The minimum atomic E-state index is -0.937. The highest BCUT2D eigenvalue weighted by molar-refractivity contribution is 5.82. The summed E-state index contributed by atoms with van der Waals surface area (Å²) in [7, 11) is 0. The molecule has 0 radical (unpaired) electrons. The van der Waals surface area contributed by atoms with Gasteiger partial charge in [0.15, 0.2) is 0 Å². The summed E-state index contributed by atoms with van der Waals surface area (Å²) in [6.45, 7) is 7.12. The molecule has 0 rings (SSSR count). The topological polar surface area (TPSA) is 57.5 Å². The Labute approximate surface area is 86.1 Å². The minimum absolute atomic E-state index is 0.116. The van der Waals surface area contributed by atoms with E-state index >= 15 is 0 Å². The molecule has 0 aromatic heterocycles. The molecule has 84 valence electrons. The van der Waals surface area contributed by atoms with Gasteiger partial charge in [-0.3, -0.25) is 4.79 Å². The second-order valence-electron chi connectivity index (χ2n) is 5.21. The lowest BCUT2D eigenvalue weighted by Crippen LogP contribution is -2.38. The summed E-state index contributed by atoms with van der Waals surface area (Å²) in [5.41, 5.74) is -0.821. The van der Waals surface area contributed by atoms with Crippen LogP contribution in [0.2, 0.25) is 0 Å². The van der Waals surface area contributed by atoms with Crippen LogP contribution in [0, 0.1) is 10.8 Å². The first-order chi connectivity index (χ1) is 6.27. The van der Waals surface area contributed by atoms with E-state index in [-0.39, 0.29) is 24.4 Å². The second-order valence-corrected chi connectivity index (χ2v) is 5.21. The Morgan fingerprint density at radius 2 is 1.50 bits per heavy atom. The van der Waals surface area contributed by atoms with Crippen molar-refractivity contribution < 1.29 is 15.0 Å². The van der Waals surface area contributed by atoms with E-state index in [1.807, 2.05) is 0 Å².